The van der Waals surface area contributed by atoms with Gasteiger partial charge in [0.25, 0.3) is 0 Å². The van der Waals surface area contributed by atoms with Gasteiger partial charge >= 0.3 is 0 Å². The fraction of sp³-hybridized carbons (Fsp3) is 0.625. The van der Waals surface area contributed by atoms with E-state index < -0.39 is 0 Å². The molecule has 1 aliphatic rings. The summed E-state index contributed by atoms with van der Waals surface area (Å²) >= 11 is 0. The third kappa shape index (κ3) is 3.33. The van der Waals surface area contributed by atoms with Crippen LogP contribution in [0.1, 0.15) is 56.8 Å². The molecule has 0 radical (unpaired) electrons. The fourth-order valence-corrected chi connectivity index (χ4v) is 2.57. The van der Waals surface area contributed by atoms with Crippen molar-refractivity contribution in [2.75, 3.05) is 6.54 Å². The van der Waals surface area contributed by atoms with Crippen LogP contribution in [0.25, 0.3) is 0 Å². The van der Waals surface area contributed by atoms with Crippen LogP contribution < -0.4 is 5.32 Å². The van der Waals surface area contributed by atoms with Crippen LogP contribution in [0.4, 0.5) is 0 Å². The van der Waals surface area contributed by atoms with E-state index in [9.17, 15) is 5.11 Å². The average molecular weight is 247 g/mol. The van der Waals surface area contributed by atoms with E-state index in [2.05, 4.69) is 38.2 Å². The number of rotatable bonds is 5. The predicted octanol–water partition coefficient (Wildman–Crippen LogP) is 3.23. The first-order valence-electron chi connectivity index (χ1n) is 7.07. The monoisotopic (exact) mass is 247 g/mol. The van der Waals surface area contributed by atoms with E-state index in [0.29, 0.717) is 18.5 Å². The second-order valence-electron chi connectivity index (χ2n) is 6.02. The summed E-state index contributed by atoms with van der Waals surface area (Å²) in [6, 6.07) is 8.95. The molecule has 0 amide bonds. The number of hydrogen-bond donors (Lipinski definition) is 2. The molecular weight excluding hydrogens is 222 g/mol. The molecule has 1 fully saturated rings. The van der Waals surface area contributed by atoms with Gasteiger partial charge in [0.05, 0.1) is 6.10 Å². The van der Waals surface area contributed by atoms with Crippen molar-refractivity contribution in [3.05, 3.63) is 35.4 Å². The molecule has 0 saturated heterocycles. The Morgan fingerprint density at radius 2 is 1.72 bits per heavy atom. The summed E-state index contributed by atoms with van der Waals surface area (Å²) in [4.78, 5) is 0. The molecule has 0 aromatic heterocycles. The van der Waals surface area contributed by atoms with Crippen molar-refractivity contribution in [1.29, 1.82) is 0 Å². The molecular formula is C16H25NO. The van der Waals surface area contributed by atoms with E-state index >= 15 is 0 Å². The molecule has 1 aliphatic carbocycles. The van der Waals surface area contributed by atoms with Crippen LogP contribution in [0.3, 0.4) is 0 Å². The van der Waals surface area contributed by atoms with Crippen LogP contribution >= 0.6 is 0 Å². The minimum atomic E-state index is -0.387. The van der Waals surface area contributed by atoms with E-state index in [0.717, 1.165) is 11.5 Å². The Balaban J connectivity index is 1.82. The minimum Gasteiger partial charge on any atom is -0.387 e. The fourth-order valence-electron chi connectivity index (χ4n) is 2.57. The number of hydrogen-bond acceptors (Lipinski definition) is 2. The molecule has 1 saturated carbocycles. The van der Waals surface area contributed by atoms with Gasteiger partial charge in [0.15, 0.2) is 0 Å². The Morgan fingerprint density at radius 3 is 2.22 bits per heavy atom. The highest BCUT2D eigenvalue weighted by atomic mass is 16.3. The Kier molecular flexibility index (Phi) is 4.41. The first-order valence-corrected chi connectivity index (χ1v) is 7.07. The molecule has 1 atom stereocenters. The second kappa shape index (κ2) is 5.85. The van der Waals surface area contributed by atoms with Crippen LogP contribution in [-0.4, -0.2) is 17.7 Å². The smallest absolute Gasteiger partial charge is 0.0914 e. The van der Waals surface area contributed by atoms with Gasteiger partial charge in [0, 0.05) is 12.6 Å². The lowest BCUT2D eigenvalue weighted by molar-refractivity contribution is 0.150. The third-order valence-corrected chi connectivity index (χ3v) is 3.96. The van der Waals surface area contributed by atoms with Crippen molar-refractivity contribution in [3.63, 3.8) is 0 Å². The summed E-state index contributed by atoms with van der Waals surface area (Å²) in [5, 5.41) is 13.6. The molecule has 18 heavy (non-hydrogen) atoms. The molecule has 2 nitrogen and oxygen atoms in total. The SMILES string of the molecule is CC1CC(NCC(O)c2ccc(C(C)C)cc2)C1. The number of benzene rings is 1. The van der Waals surface area contributed by atoms with E-state index in [-0.39, 0.29) is 6.10 Å². The zero-order valence-corrected chi connectivity index (χ0v) is 11.7. The largest absolute Gasteiger partial charge is 0.387 e. The molecule has 100 valence electrons. The maximum absolute atomic E-state index is 10.1. The van der Waals surface area contributed by atoms with E-state index in [1.165, 1.54) is 18.4 Å². The maximum Gasteiger partial charge on any atom is 0.0914 e. The number of nitrogens with one attached hydrogen (secondary N) is 1. The van der Waals surface area contributed by atoms with Gasteiger partial charge in [-0.25, -0.2) is 0 Å². The van der Waals surface area contributed by atoms with Crippen molar-refractivity contribution in [2.45, 2.75) is 51.7 Å². The molecule has 2 rings (SSSR count). The lowest BCUT2D eigenvalue weighted by Crippen LogP contribution is -2.41. The van der Waals surface area contributed by atoms with Gasteiger partial charge in [-0.3, -0.25) is 0 Å². The highest BCUT2D eigenvalue weighted by molar-refractivity contribution is 5.26. The van der Waals surface area contributed by atoms with Crippen LogP contribution in [0.2, 0.25) is 0 Å². The molecule has 1 unspecified atom stereocenters. The van der Waals surface area contributed by atoms with Gasteiger partial charge in [-0.15, -0.1) is 0 Å². The van der Waals surface area contributed by atoms with Crippen molar-refractivity contribution in [2.24, 2.45) is 5.92 Å². The minimum absolute atomic E-state index is 0.387. The number of aliphatic hydroxyl groups is 1. The Morgan fingerprint density at radius 1 is 1.17 bits per heavy atom. The zero-order valence-electron chi connectivity index (χ0n) is 11.7. The quantitative estimate of drug-likeness (QED) is 0.837. The highest BCUT2D eigenvalue weighted by Gasteiger charge is 2.25. The van der Waals surface area contributed by atoms with Crippen LogP contribution in [0.15, 0.2) is 24.3 Å². The van der Waals surface area contributed by atoms with Crippen molar-refractivity contribution in [3.8, 4) is 0 Å². The normalized spacial score (nSPS) is 24.9. The molecule has 1 aromatic carbocycles. The Hall–Kier alpha value is -0.860. The summed E-state index contributed by atoms with van der Waals surface area (Å²) in [5.74, 6) is 1.40. The van der Waals surface area contributed by atoms with Gasteiger partial charge in [0.2, 0.25) is 0 Å². The summed E-state index contributed by atoms with van der Waals surface area (Å²) in [6.07, 6.45) is 2.11. The van der Waals surface area contributed by atoms with Gasteiger partial charge in [0.1, 0.15) is 0 Å². The molecule has 0 spiro atoms. The topological polar surface area (TPSA) is 32.3 Å². The van der Waals surface area contributed by atoms with Crippen molar-refractivity contribution < 1.29 is 5.11 Å². The van der Waals surface area contributed by atoms with Crippen LogP contribution in [0, 0.1) is 5.92 Å². The molecule has 2 heteroatoms. The molecule has 0 aliphatic heterocycles. The summed E-state index contributed by atoms with van der Waals surface area (Å²) < 4.78 is 0. The van der Waals surface area contributed by atoms with Gasteiger partial charge in [-0.2, -0.15) is 0 Å². The van der Waals surface area contributed by atoms with Gasteiger partial charge in [-0.1, -0.05) is 45.0 Å². The predicted molar refractivity (Wildman–Crippen MR) is 75.7 cm³/mol. The van der Waals surface area contributed by atoms with Crippen LogP contribution in [-0.2, 0) is 0 Å². The van der Waals surface area contributed by atoms with E-state index in [4.69, 9.17) is 0 Å². The first kappa shape index (κ1) is 13.6. The van der Waals surface area contributed by atoms with Crippen LogP contribution in [0.5, 0.6) is 0 Å². The molecule has 1 aromatic rings. The standard InChI is InChI=1S/C16H25NO/c1-11(2)13-4-6-14(7-5-13)16(18)10-17-15-8-12(3)9-15/h4-7,11-12,15-18H,8-10H2,1-3H3. The maximum atomic E-state index is 10.1. The Labute approximate surface area is 110 Å². The van der Waals surface area contributed by atoms with E-state index in [1.807, 2.05) is 12.1 Å². The second-order valence-corrected chi connectivity index (χ2v) is 6.02. The third-order valence-electron chi connectivity index (χ3n) is 3.96. The van der Waals surface area contributed by atoms with Gasteiger partial charge in [-0.05, 0) is 35.8 Å². The average Bonchev–Trinajstić information content (AvgIpc) is 2.33. The van der Waals surface area contributed by atoms with Crippen molar-refractivity contribution in [1.82, 2.24) is 5.32 Å². The van der Waals surface area contributed by atoms with E-state index in [1.54, 1.807) is 0 Å². The molecule has 2 N–H and O–H groups in total. The molecule has 0 heterocycles. The summed E-state index contributed by atoms with van der Waals surface area (Å²) in [5.41, 5.74) is 2.34. The molecule has 0 bridgehead atoms. The lowest BCUT2D eigenvalue weighted by atomic mass is 9.82. The highest BCUT2D eigenvalue weighted by Crippen LogP contribution is 2.26. The number of aliphatic hydroxyl groups excluding tert-OH is 1. The lowest BCUT2D eigenvalue weighted by Gasteiger charge is -2.34. The van der Waals surface area contributed by atoms with Gasteiger partial charge < -0.3 is 10.4 Å². The summed E-state index contributed by atoms with van der Waals surface area (Å²) in [6.45, 7) is 7.31. The zero-order chi connectivity index (χ0) is 13.1. The first-order chi connectivity index (χ1) is 8.56. The summed E-state index contributed by atoms with van der Waals surface area (Å²) in [7, 11) is 0. The Bertz CT molecular complexity index is 365. The van der Waals surface area contributed by atoms with Crippen molar-refractivity contribution >= 4 is 0 Å².